The van der Waals surface area contributed by atoms with Gasteiger partial charge in [-0.2, -0.15) is 0 Å². The second kappa shape index (κ2) is 5.09. The first-order valence-electron chi connectivity index (χ1n) is 6.88. The van der Waals surface area contributed by atoms with Gasteiger partial charge in [0.1, 0.15) is 0 Å². The van der Waals surface area contributed by atoms with E-state index < -0.39 is 0 Å². The van der Waals surface area contributed by atoms with Crippen LogP contribution in [-0.2, 0) is 13.0 Å². The first kappa shape index (κ1) is 11.7. The fourth-order valence-electron chi connectivity index (χ4n) is 3.28. The third kappa shape index (κ3) is 2.42. The van der Waals surface area contributed by atoms with Crippen LogP contribution in [0, 0.1) is 5.92 Å². The van der Waals surface area contributed by atoms with Crippen molar-refractivity contribution in [3.8, 4) is 0 Å². The third-order valence-electron chi connectivity index (χ3n) is 4.38. The van der Waals surface area contributed by atoms with Crippen molar-refractivity contribution in [2.45, 2.75) is 38.8 Å². The van der Waals surface area contributed by atoms with Crippen LogP contribution in [0.3, 0.4) is 0 Å². The van der Waals surface area contributed by atoms with Crippen molar-refractivity contribution in [2.24, 2.45) is 5.92 Å². The molecule has 0 saturated carbocycles. The van der Waals surface area contributed by atoms with Gasteiger partial charge in [0.25, 0.3) is 0 Å². The summed E-state index contributed by atoms with van der Waals surface area (Å²) in [6.07, 6.45) is 3.92. The lowest BCUT2D eigenvalue weighted by molar-refractivity contribution is 0.220. The summed E-state index contributed by atoms with van der Waals surface area (Å²) in [5.74, 6) is 0.911. The van der Waals surface area contributed by atoms with Gasteiger partial charge >= 0.3 is 0 Å². The van der Waals surface area contributed by atoms with Gasteiger partial charge in [0.15, 0.2) is 0 Å². The highest BCUT2D eigenvalue weighted by Crippen LogP contribution is 2.27. The maximum absolute atomic E-state index is 3.81. The normalized spacial score (nSPS) is 31.9. The van der Waals surface area contributed by atoms with E-state index in [0.717, 1.165) is 18.5 Å². The Hall–Kier alpha value is -0.380. The fraction of sp³-hybridized carbons (Fsp3) is 0.714. The van der Waals surface area contributed by atoms with Gasteiger partial charge < -0.3 is 10.2 Å². The van der Waals surface area contributed by atoms with Gasteiger partial charge in [-0.15, -0.1) is 11.3 Å². The van der Waals surface area contributed by atoms with Gasteiger partial charge in [-0.1, -0.05) is 6.92 Å². The highest BCUT2D eigenvalue weighted by molar-refractivity contribution is 7.10. The van der Waals surface area contributed by atoms with Crippen molar-refractivity contribution in [3.05, 3.63) is 21.9 Å². The highest BCUT2D eigenvalue weighted by Gasteiger charge is 2.33. The van der Waals surface area contributed by atoms with Gasteiger partial charge in [0.2, 0.25) is 0 Å². The lowest BCUT2D eigenvalue weighted by atomic mass is 9.94. The van der Waals surface area contributed by atoms with Gasteiger partial charge in [0.05, 0.1) is 0 Å². The Morgan fingerprint density at radius 3 is 3.18 bits per heavy atom. The Labute approximate surface area is 108 Å². The molecule has 1 aromatic rings. The Kier molecular flexibility index (Phi) is 3.50. The smallest absolute Gasteiger partial charge is 0.0305 e. The van der Waals surface area contributed by atoms with Crippen LogP contribution in [0.1, 0.15) is 30.2 Å². The van der Waals surface area contributed by atoms with Gasteiger partial charge in [-0.05, 0) is 55.3 Å². The summed E-state index contributed by atoms with van der Waals surface area (Å²) in [7, 11) is 0. The summed E-state index contributed by atoms with van der Waals surface area (Å²) < 4.78 is 0. The number of thiophene rings is 1. The molecule has 3 heteroatoms. The zero-order valence-corrected chi connectivity index (χ0v) is 11.4. The minimum Gasteiger partial charge on any atom is -0.309 e. The largest absolute Gasteiger partial charge is 0.309 e. The van der Waals surface area contributed by atoms with E-state index in [4.69, 9.17) is 0 Å². The second-order valence-electron chi connectivity index (χ2n) is 5.35. The van der Waals surface area contributed by atoms with Gasteiger partial charge in [-0.25, -0.2) is 0 Å². The van der Waals surface area contributed by atoms with E-state index in [1.165, 1.54) is 44.5 Å². The molecule has 0 aliphatic carbocycles. The van der Waals surface area contributed by atoms with E-state index in [1.54, 1.807) is 4.88 Å². The summed E-state index contributed by atoms with van der Waals surface area (Å²) in [6, 6.07) is 3.04. The molecule has 17 heavy (non-hydrogen) atoms. The molecule has 0 amide bonds. The van der Waals surface area contributed by atoms with Crippen LogP contribution in [0.25, 0.3) is 0 Å². The summed E-state index contributed by atoms with van der Waals surface area (Å²) in [5.41, 5.74) is 1.53. The molecule has 3 rings (SSSR count). The Bertz CT molecular complexity index is 374. The summed E-state index contributed by atoms with van der Waals surface area (Å²) in [4.78, 5) is 4.17. The number of hydrogen-bond donors (Lipinski definition) is 1. The van der Waals surface area contributed by atoms with Crippen LogP contribution < -0.4 is 5.32 Å². The van der Waals surface area contributed by atoms with Crippen LogP contribution in [0.15, 0.2) is 11.4 Å². The molecule has 94 valence electrons. The van der Waals surface area contributed by atoms with Crippen LogP contribution in [-0.4, -0.2) is 30.6 Å². The molecule has 0 spiro atoms. The standard InChI is InChI=1S/C14H22N2S/c1-2-11-5-8-17-14(11)9-15-13-4-7-16-6-3-12(13)10-16/h5,8,12-13,15H,2-4,6-7,9-10H2,1H3. The van der Waals surface area contributed by atoms with Crippen molar-refractivity contribution in [1.29, 1.82) is 0 Å². The lowest BCUT2D eigenvalue weighted by Crippen LogP contribution is -2.43. The van der Waals surface area contributed by atoms with Crippen molar-refractivity contribution in [2.75, 3.05) is 19.6 Å². The number of aryl methyl sites for hydroxylation is 1. The van der Waals surface area contributed by atoms with Crippen molar-refractivity contribution >= 4 is 11.3 Å². The van der Waals surface area contributed by atoms with E-state index >= 15 is 0 Å². The molecule has 1 N–H and O–H groups in total. The maximum Gasteiger partial charge on any atom is 0.0305 e. The van der Waals surface area contributed by atoms with Crippen LogP contribution in [0.2, 0.25) is 0 Å². The number of hydrogen-bond acceptors (Lipinski definition) is 3. The third-order valence-corrected chi connectivity index (χ3v) is 5.34. The molecule has 2 aliphatic heterocycles. The minimum atomic E-state index is 0.764. The summed E-state index contributed by atoms with van der Waals surface area (Å²) >= 11 is 1.91. The second-order valence-corrected chi connectivity index (χ2v) is 6.35. The van der Waals surface area contributed by atoms with Crippen molar-refractivity contribution in [3.63, 3.8) is 0 Å². The number of fused-ring (bicyclic) bond motifs is 2. The first-order chi connectivity index (χ1) is 8.36. The summed E-state index contributed by atoms with van der Waals surface area (Å²) in [5, 5.41) is 6.04. The molecular formula is C14H22N2S. The monoisotopic (exact) mass is 250 g/mol. The number of piperidine rings is 1. The highest BCUT2D eigenvalue weighted by atomic mass is 32.1. The zero-order valence-electron chi connectivity index (χ0n) is 10.6. The maximum atomic E-state index is 3.81. The average molecular weight is 250 g/mol. The molecule has 2 nitrogen and oxygen atoms in total. The van der Waals surface area contributed by atoms with Gasteiger partial charge in [-0.3, -0.25) is 0 Å². The average Bonchev–Trinajstić information content (AvgIpc) is 2.96. The Morgan fingerprint density at radius 2 is 2.29 bits per heavy atom. The molecule has 2 bridgehead atoms. The molecule has 2 saturated heterocycles. The number of nitrogens with one attached hydrogen (secondary N) is 1. The van der Waals surface area contributed by atoms with E-state index in [-0.39, 0.29) is 0 Å². The van der Waals surface area contributed by atoms with E-state index in [0.29, 0.717) is 0 Å². The fourth-order valence-corrected chi connectivity index (χ4v) is 4.21. The molecule has 0 aromatic carbocycles. The Balaban J connectivity index is 1.57. The van der Waals surface area contributed by atoms with Crippen molar-refractivity contribution < 1.29 is 0 Å². The van der Waals surface area contributed by atoms with Crippen LogP contribution in [0.4, 0.5) is 0 Å². The first-order valence-corrected chi connectivity index (χ1v) is 7.75. The van der Waals surface area contributed by atoms with Crippen LogP contribution >= 0.6 is 11.3 Å². The summed E-state index contributed by atoms with van der Waals surface area (Å²) in [6.45, 7) is 7.31. The lowest BCUT2D eigenvalue weighted by Gasteiger charge is -2.31. The molecule has 3 atom stereocenters. The predicted octanol–water partition coefficient (Wildman–Crippen LogP) is 2.49. The molecular weight excluding hydrogens is 228 g/mol. The molecule has 0 radical (unpaired) electrons. The molecule has 1 aromatic heterocycles. The molecule has 3 heterocycles. The van der Waals surface area contributed by atoms with Gasteiger partial charge in [0, 0.05) is 24.0 Å². The number of nitrogens with zero attached hydrogens (tertiary/aromatic N) is 1. The quantitative estimate of drug-likeness (QED) is 0.883. The topological polar surface area (TPSA) is 15.3 Å². The molecule has 2 fully saturated rings. The number of rotatable bonds is 4. The Morgan fingerprint density at radius 1 is 1.41 bits per heavy atom. The SMILES string of the molecule is CCc1ccsc1CNC1CCN2CCC1C2. The van der Waals surface area contributed by atoms with E-state index in [1.807, 2.05) is 11.3 Å². The minimum absolute atomic E-state index is 0.764. The van der Waals surface area contributed by atoms with E-state index in [2.05, 4.69) is 28.6 Å². The van der Waals surface area contributed by atoms with Crippen LogP contribution in [0.5, 0.6) is 0 Å². The van der Waals surface area contributed by atoms with E-state index in [9.17, 15) is 0 Å². The van der Waals surface area contributed by atoms with Crippen molar-refractivity contribution in [1.82, 2.24) is 10.2 Å². The molecule has 3 unspecified atom stereocenters. The molecule has 2 aliphatic rings. The predicted molar refractivity (Wildman–Crippen MR) is 73.5 cm³/mol. The zero-order chi connectivity index (χ0) is 11.7.